The minimum Gasteiger partial charge on any atom is -0.756 e. The number of aromatic nitrogens is 10. The van der Waals surface area contributed by atoms with Gasteiger partial charge in [-0.1, -0.05) is 0 Å². The number of aromatic amines is 2. The molecule has 14 atom stereocenters. The molecule has 3 fully saturated rings. The van der Waals surface area contributed by atoms with Gasteiger partial charge >= 0.3 is 5.69 Å². The third-order valence-corrected chi connectivity index (χ3v) is 11.9. The summed E-state index contributed by atoms with van der Waals surface area (Å²) in [4.78, 5) is 86.9. The Kier molecular flexibility index (Phi) is 14.0. The lowest BCUT2D eigenvalue weighted by molar-refractivity contribution is -0.240. The van der Waals surface area contributed by atoms with Crippen molar-refractivity contribution in [3.63, 3.8) is 0 Å². The van der Waals surface area contributed by atoms with Crippen molar-refractivity contribution in [3.8, 4) is 0 Å². The maximum atomic E-state index is 13.3. The van der Waals surface area contributed by atoms with Gasteiger partial charge in [0, 0.05) is 12.3 Å². The van der Waals surface area contributed by atoms with Crippen LogP contribution in [0.2, 0.25) is 0 Å². The van der Waals surface area contributed by atoms with Crippen molar-refractivity contribution in [1.29, 1.82) is 0 Å². The first-order valence-electron chi connectivity index (χ1n) is 17.9. The van der Waals surface area contributed by atoms with E-state index >= 15 is 0 Å². The predicted octanol–water partition coefficient (Wildman–Crippen LogP) is -5.71. The molecule has 0 aliphatic carbocycles. The minimum atomic E-state index is -5.68. The number of hydrogen-bond donors (Lipinski definition) is 11. The molecule has 0 aromatic carbocycles. The molecule has 33 nitrogen and oxygen atoms in total. The molecular weight excluding hydrogens is 910 g/mol. The smallest absolute Gasteiger partial charge is 0.330 e. The molecule has 0 amide bonds. The van der Waals surface area contributed by atoms with Crippen LogP contribution in [0.25, 0.3) is 22.3 Å². The molecule has 2 unspecified atom stereocenters. The van der Waals surface area contributed by atoms with Crippen LogP contribution in [0.5, 0.6) is 0 Å². The van der Waals surface area contributed by atoms with E-state index < -0.39 is 126 Å². The Labute approximate surface area is 354 Å². The van der Waals surface area contributed by atoms with Gasteiger partial charge in [-0.05, 0) is 0 Å². The Balaban J connectivity index is 0.00000340. The van der Waals surface area contributed by atoms with Gasteiger partial charge in [0.2, 0.25) is 5.95 Å². The summed E-state index contributed by atoms with van der Waals surface area (Å²) < 4.78 is 66.3. The molecule has 3 aliphatic heterocycles. The first-order valence-corrected chi connectivity index (χ1v) is 20.8. The summed E-state index contributed by atoms with van der Waals surface area (Å²) in [5.41, 5.74) is 8.56. The van der Waals surface area contributed by atoms with Crippen LogP contribution < -0.4 is 50.4 Å². The zero-order valence-corrected chi connectivity index (χ0v) is 34.8. The van der Waals surface area contributed by atoms with Gasteiger partial charge in [0.05, 0.1) is 32.5 Å². The fourth-order valence-corrected chi connectivity index (χ4v) is 8.94. The molecule has 3 aliphatic rings. The van der Waals surface area contributed by atoms with Gasteiger partial charge in [0.15, 0.2) is 41.3 Å². The molecule has 0 radical (unpaired) electrons. The van der Waals surface area contributed by atoms with Crippen LogP contribution in [0.3, 0.4) is 0 Å². The third-order valence-electron chi connectivity index (χ3n) is 9.94. The molecule has 3 saturated heterocycles. The third kappa shape index (κ3) is 9.12. The van der Waals surface area contributed by atoms with E-state index in [0.29, 0.717) is 4.57 Å². The second-order valence-electron chi connectivity index (χ2n) is 13.8. The number of nitrogens with two attached hydrogens (primary N) is 2. The van der Waals surface area contributed by atoms with Crippen LogP contribution in [-0.2, 0) is 41.4 Å². The van der Waals surface area contributed by atoms with Crippen LogP contribution in [0.4, 0.5) is 11.8 Å². The number of nitrogens with zero attached hydrogens (tertiary/aromatic N) is 8. The fraction of sp³-hybridized carbons (Fsp3) is 0.517. The van der Waals surface area contributed by atoms with Crippen molar-refractivity contribution in [3.05, 3.63) is 62.4 Å². The average molecular weight is 953 g/mol. The molecule has 0 saturated carbocycles. The zero-order valence-electron chi connectivity index (χ0n) is 33.0. The number of quaternary nitrogens is 2. The molecule has 64 heavy (non-hydrogen) atoms. The van der Waals surface area contributed by atoms with E-state index in [0.717, 1.165) is 29.5 Å². The number of imidazole rings is 2. The van der Waals surface area contributed by atoms with E-state index in [1.165, 1.54) is 10.9 Å². The number of phosphoric acid groups is 2. The molecule has 19 N–H and O–H groups in total. The highest BCUT2D eigenvalue weighted by molar-refractivity contribution is 7.46. The number of H-pyrrole nitrogens is 2. The number of anilines is 2. The highest BCUT2D eigenvalue weighted by Crippen LogP contribution is 2.49. The number of aliphatic hydroxyl groups is 5. The lowest BCUT2D eigenvalue weighted by Crippen LogP contribution is -2.40. The summed E-state index contributed by atoms with van der Waals surface area (Å²) in [7, 11) is -11.3. The fourth-order valence-electron chi connectivity index (χ4n) is 7.04. The van der Waals surface area contributed by atoms with Crippen molar-refractivity contribution in [2.45, 2.75) is 73.6 Å². The quantitative estimate of drug-likeness (QED) is 0.0462. The van der Waals surface area contributed by atoms with Crippen molar-refractivity contribution < 1.29 is 76.8 Å². The maximum absolute atomic E-state index is 13.3. The van der Waals surface area contributed by atoms with Gasteiger partial charge in [-0.15, -0.1) is 0 Å². The lowest BCUT2D eigenvalue weighted by Gasteiger charge is -2.32. The number of fused-ring (bicyclic) bond motifs is 2. The van der Waals surface area contributed by atoms with Crippen LogP contribution in [0.1, 0.15) is 18.7 Å². The van der Waals surface area contributed by atoms with Crippen molar-refractivity contribution >= 4 is 49.7 Å². The van der Waals surface area contributed by atoms with Gasteiger partial charge in [-0.3, -0.25) is 42.4 Å². The zero-order chi connectivity index (χ0) is 44.4. The normalized spacial score (nSPS) is 31.1. The van der Waals surface area contributed by atoms with Gasteiger partial charge in [-0.2, -0.15) is 4.98 Å². The van der Waals surface area contributed by atoms with Gasteiger partial charge in [0.1, 0.15) is 66.8 Å². The maximum Gasteiger partial charge on any atom is 0.330 e. The average Bonchev–Trinajstić information content (AvgIpc) is 4.02. The van der Waals surface area contributed by atoms with E-state index in [-0.39, 0.29) is 46.4 Å². The Morgan fingerprint density at radius 2 is 1.27 bits per heavy atom. The van der Waals surface area contributed by atoms with Gasteiger partial charge < -0.3 is 91.4 Å². The number of nitrogen functional groups attached to an aromatic ring is 2. The summed E-state index contributed by atoms with van der Waals surface area (Å²) in [6, 6.07) is 0.858. The van der Waals surface area contributed by atoms with Gasteiger partial charge in [-0.25, -0.2) is 24.7 Å². The lowest BCUT2D eigenvalue weighted by atomic mass is 10.1. The number of nitrogens with one attached hydrogen (secondary N) is 2. The van der Waals surface area contributed by atoms with E-state index in [9.17, 15) is 58.8 Å². The Morgan fingerprint density at radius 1 is 0.719 bits per heavy atom. The predicted molar refractivity (Wildman–Crippen MR) is 205 cm³/mol. The van der Waals surface area contributed by atoms with Gasteiger partial charge in [0.25, 0.3) is 26.8 Å². The molecule has 5 aromatic rings. The molecule has 352 valence electrons. The number of hydrogen-bond acceptors (Lipinski definition) is 26. The van der Waals surface area contributed by atoms with Crippen LogP contribution in [-0.4, -0.2) is 149 Å². The van der Waals surface area contributed by atoms with Crippen LogP contribution >= 0.6 is 15.6 Å². The molecule has 8 rings (SSSR count). The van der Waals surface area contributed by atoms with E-state index in [4.69, 9.17) is 43.8 Å². The topological polar surface area (TPSA) is 533 Å². The van der Waals surface area contributed by atoms with E-state index in [2.05, 4.69) is 29.9 Å². The first kappa shape index (κ1) is 48.5. The Hall–Kier alpha value is -5.00. The molecule has 5 aromatic heterocycles. The summed E-state index contributed by atoms with van der Waals surface area (Å²) in [5, 5.41) is 53.8. The SMILES string of the molecule is Nc1nc2c(ncn2[C@@H]2O[C@H](COP(=O)([O-])O[C@H]3[C@@H](O)[C@H](n4ccc(=O)[nH]c4=O)O[C@@H]3COP(=O)([O-])O[C@H]3[C@@H](O)[C@H](n4cnc5c(N)ncnc54)O[C@@H]3CO)[C@@H](O)[C@H]2O)c(=O)[nH]1.[NH4+].[NH4+]. The molecular formula is C29H42N14O19P2. The molecule has 0 bridgehead atoms. The number of phosphoric ester groups is 2. The Morgan fingerprint density at radius 3 is 1.91 bits per heavy atom. The molecule has 8 heterocycles. The van der Waals surface area contributed by atoms with Crippen molar-refractivity contribution in [2.75, 3.05) is 31.3 Å². The highest BCUT2D eigenvalue weighted by atomic mass is 31.2. The van der Waals surface area contributed by atoms with E-state index in [1.807, 2.05) is 4.98 Å². The summed E-state index contributed by atoms with van der Waals surface area (Å²) in [6.07, 6.45) is -17.1. The first-order chi connectivity index (χ1) is 29.4. The van der Waals surface area contributed by atoms with Crippen molar-refractivity contribution in [1.82, 2.24) is 60.9 Å². The second-order valence-corrected chi connectivity index (χ2v) is 16.6. The second kappa shape index (κ2) is 18.5. The standard InChI is InChI=1S/C29H36N12O19P2.2H3N/c30-21-13-22(33-6-32-21)40(7-34-13)27-17(46)19(9(3-42)56-27)59-62(52,53)55-5-11-20(18(47)26(58-11)39-2-1-12(43)36-29(39)49)60-61(50,51)54-4-10-15(44)16(45)25(57-10)41-8-35-14-23(41)37-28(31)38-24(14)48;;/h1-2,6-11,15-20,25-27,42,44-47H,3-5H2,(H,50,51)(H,52,53)(H2,30,32,33)(H,36,43,49)(H3,31,37,38,48);2*1H3/t9-,10-,11-,15-,16-,17-,18-,19-,20-,25-,26-,27-;;/m1../s1. The largest absolute Gasteiger partial charge is 0.756 e. The summed E-state index contributed by atoms with van der Waals surface area (Å²) in [5.74, 6) is -0.324. The van der Waals surface area contributed by atoms with E-state index in [1.54, 1.807) is 0 Å². The number of ether oxygens (including phenoxy) is 3. The summed E-state index contributed by atoms with van der Waals surface area (Å²) in [6.45, 7) is -3.11. The Bertz CT molecular complexity index is 2750. The van der Waals surface area contributed by atoms with Crippen molar-refractivity contribution in [2.24, 2.45) is 0 Å². The number of aliphatic hydroxyl groups excluding tert-OH is 5. The van der Waals surface area contributed by atoms with Crippen LogP contribution in [0, 0.1) is 0 Å². The molecule has 35 heteroatoms. The van der Waals surface area contributed by atoms with Crippen LogP contribution in [0.15, 0.2) is 45.6 Å². The highest BCUT2D eigenvalue weighted by Gasteiger charge is 2.51. The monoisotopic (exact) mass is 952 g/mol. The number of rotatable bonds is 14. The minimum absolute atomic E-state index is 0. The summed E-state index contributed by atoms with van der Waals surface area (Å²) >= 11 is 0. The molecule has 0 spiro atoms.